The highest BCUT2D eigenvalue weighted by Gasteiger charge is 2.05. The summed E-state index contributed by atoms with van der Waals surface area (Å²) in [6.45, 7) is 3.42. The second-order valence-electron chi connectivity index (χ2n) is 4.36. The number of nitrogens with two attached hydrogens (primary N) is 1. The molecule has 0 saturated heterocycles. The minimum atomic E-state index is 0. The smallest absolute Gasteiger partial charge is 0.127 e. The zero-order valence-corrected chi connectivity index (χ0v) is 12.0. The third-order valence-electron chi connectivity index (χ3n) is 2.82. The third-order valence-corrected chi connectivity index (χ3v) is 2.82. The van der Waals surface area contributed by atoms with Crippen LogP contribution in [0.5, 0.6) is 5.75 Å². The van der Waals surface area contributed by atoms with Gasteiger partial charge in [-0.1, -0.05) is 48.0 Å². The van der Waals surface area contributed by atoms with Crippen molar-refractivity contribution in [2.75, 3.05) is 13.2 Å². The molecule has 0 aliphatic rings. The fourth-order valence-electron chi connectivity index (χ4n) is 1.91. The maximum Gasteiger partial charge on any atom is 0.127 e. The van der Waals surface area contributed by atoms with E-state index in [1.807, 2.05) is 18.2 Å². The molecule has 0 fully saturated rings. The van der Waals surface area contributed by atoms with Gasteiger partial charge in [-0.3, -0.25) is 0 Å². The van der Waals surface area contributed by atoms with Crippen molar-refractivity contribution < 1.29 is 4.74 Å². The quantitative estimate of drug-likeness (QED) is 0.844. The lowest BCUT2D eigenvalue weighted by Crippen LogP contribution is -2.06. The van der Waals surface area contributed by atoms with Crippen molar-refractivity contribution in [3.63, 3.8) is 0 Å². The van der Waals surface area contributed by atoms with Gasteiger partial charge in [-0.15, -0.1) is 12.4 Å². The Hall–Kier alpha value is -1.51. The molecule has 0 aromatic heterocycles. The van der Waals surface area contributed by atoms with Gasteiger partial charge in [0.25, 0.3) is 0 Å². The molecule has 0 heterocycles. The predicted molar refractivity (Wildman–Crippen MR) is 83.0 cm³/mol. The predicted octanol–water partition coefficient (Wildman–Crippen LogP) is 3.81. The van der Waals surface area contributed by atoms with Crippen LogP contribution in [-0.2, 0) is 0 Å². The molecule has 19 heavy (non-hydrogen) atoms. The Labute approximate surface area is 121 Å². The van der Waals surface area contributed by atoms with E-state index in [0.717, 1.165) is 17.7 Å². The highest BCUT2D eigenvalue weighted by molar-refractivity contribution is 5.85. The normalized spacial score (nSPS) is 9.79. The molecule has 2 aromatic rings. The standard InChI is InChI=1S/C16H19NO.ClH/c1-13-6-4-7-14(12-13)15-8-2-3-9-16(15)18-11-5-10-17;/h2-4,6-9,12H,5,10-11,17H2,1H3;1H. The number of rotatable bonds is 5. The molecule has 0 bridgehead atoms. The van der Waals surface area contributed by atoms with Crippen LogP contribution in [0.1, 0.15) is 12.0 Å². The van der Waals surface area contributed by atoms with E-state index in [1.54, 1.807) is 0 Å². The Bertz CT molecular complexity index is 514. The average Bonchev–Trinajstić information content (AvgIpc) is 2.40. The third kappa shape index (κ3) is 4.27. The molecule has 0 spiro atoms. The van der Waals surface area contributed by atoms with E-state index < -0.39 is 0 Å². The van der Waals surface area contributed by atoms with E-state index in [0.29, 0.717) is 13.2 Å². The van der Waals surface area contributed by atoms with E-state index in [2.05, 4.69) is 37.3 Å². The summed E-state index contributed by atoms with van der Waals surface area (Å²) in [5, 5.41) is 0. The highest BCUT2D eigenvalue weighted by Crippen LogP contribution is 2.30. The van der Waals surface area contributed by atoms with Crippen LogP contribution in [0.2, 0.25) is 0 Å². The topological polar surface area (TPSA) is 35.2 Å². The van der Waals surface area contributed by atoms with E-state index >= 15 is 0 Å². The first-order valence-electron chi connectivity index (χ1n) is 6.30. The molecule has 0 amide bonds. The van der Waals surface area contributed by atoms with Gasteiger partial charge >= 0.3 is 0 Å². The first-order chi connectivity index (χ1) is 8.81. The Morgan fingerprint density at radius 1 is 1.05 bits per heavy atom. The van der Waals surface area contributed by atoms with Crippen molar-refractivity contribution >= 4 is 12.4 Å². The molecule has 2 rings (SSSR count). The van der Waals surface area contributed by atoms with Crippen LogP contribution in [0.4, 0.5) is 0 Å². The van der Waals surface area contributed by atoms with E-state index in [4.69, 9.17) is 10.5 Å². The van der Waals surface area contributed by atoms with Gasteiger partial charge in [0.1, 0.15) is 5.75 Å². The lowest BCUT2D eigenvalue weighted by Gasteiger charge is -2.11. The van der Waals surface area contributed by atoms with Gasteiger partial charge in [-0.05, 0) is 31.5 Å². The molecular weight excluding hydrogens is 258 g/mol. The SMILES string of the molecule is Cc1cccc(-c2ccccc2OCCCN)c1.Cl. The van der Waals surface area contributed by atoms with E-state index in [9.17, 15) is 0 Å². The molecule has 0 aliphatic carbocycles. The van der Waals surface area contributed by atoms with Gasteiger partial charge in [-0.2, -0.15) is 0 Å². The summed E-state index contributed by atoms with van der Waals surface area (Å²) in [6, 6.07) is 16.6. The van der Waals surface area contributed by atoms with Crippen LogP contribution in [0.25, 0.3) is 11.1 Å². The molecule has 0 radical (unpaired) electrons. The number of hydrogen-bond acceptors (Lipinski definition) is 2. The van der Waals surface area contributed by atoms with E-state index in [1.165, 1.54) is 11.1 Å². The number of hydrogen-bond donors (Lipinski definition) is 1. The van der Waals surface area contributed by atoms with Crippen molar-refractivity contribution in [3.05, 3.63) is 54.1 Å². The van der Waals surface area contributed by atoms with Gasteiger partial charge < -0.3 is 10.5 Å². The van der Waals surface area contributed by atoms with Crippen LogP contribution in [0, 0.1) is 6.92 Å². The Morgan fingerprint density at radius 3 is 2.58 bits per heavy atom. The zero-order chi connectivity index (χ0) is 12.8. The minimum Gasteiger partial charge on any atom is -0.493 e. The minimum absolute atomic E-state index is 0. The number of benzene rings is 2. The lowest BCUT2D eigenvalue weighted by molar-refractivity contribution is 0.314. The Morgan fingerprint density at radius 2 is 1.84 bits per heavy atom. The summed E-state index contributed by atoms with van der Waals surface area (Å²) in [5.41, 5.74) is 9.07. The Kier molecular flexibility index (Phi) is 6.40. The Balaban J connectivity index is 0.00000180. The maximum atomic E-state index is 5.79. The molecule has 3 heteroatoms. The number of halogens is 1. The monoisotopic (exact) mass is 277 g/mol. The van der Waals surface area contributed by atoms with Crippen LogP contribution in [0.3, 0.4) is 0 Å². The summed E-state index contributed by atoms with van der Waals surface area (Å²) in [7, 11) is 0. The molecule has 0 atom stereocenters. The summed E-state index contributed by atoms with van der Waals surface area (Å²) in [6.07, 6.45) is 0.877. The van der Waals surface area contributed by atoms with Crippen molar-refractivity contribution in [2.24, 2.45) is 5.73 Å². The number of ether oxygens (including phenoxy) is 1. The molecule has 102 valence electrons. The van der Waals surface area contributed by atoms with Crippen LogP contribution >= 0.6 is 12.4 Å². The molecule has 2 aromatic carbocycles. The van der Waals surface area contributed by atoms with Gasteiger partial charge in [0.15, 0.2) is 0 Å². The molecule has 0 saturated carbocycles. The molecule has 2 nitrogen and oxygen atoms in total. The molecule has 2 N–H and O–H groups in total. The van der Waals surface area contributed by atoms with Gasteiger partial charge in [0, 0.05) is 5.56 Å². The molecule has 0 unspecified atom stereocenters. The number of aryl methyl sites for hydroxylation is 1. The highest BCUT2D eigenvalue weighted by atomic mass is 35.5. The van der Waals surface area contributed by atoms with Crippen molar-refractivity contribution in [1.82, 2.24) is 0 Å². The zero-order valence-electron chi connectivity index (χ0n) is 11.1. The fourth-order valence-corrected chi connectivity index (χ4v) is 1.91. The fraction of sp³-hybridized carbons (Fsp3) is 0.250. The van der Waals surface area contributed by atoms with Gasteiger partial charge in [0.2, 0.25) is 0 Å². The largest absolute Gasteiger partial charge is 0.493 e. The first-order valence-corrected chi connectivity index (χ1v) is 6.30. The summed E-state index contributed by atoms with van der Waals surface area (Å²) in [4.78, 5) is 0. The lowest BCUT2D eigenvalue weighted by atomic mass is 10.0. The van der Waals surface area contributed by atoms with E-state index in [-0.39, 0.29) is 12.4 Å². The second-order valence-corrected chi connectivity index (χ2v) is 4.36. The molecular formula is C16H20ClNO. The summed E-state index contributed by atoms with van der Waals surface area (Å²) in [5.74, 6) is 0.927. The summed E-state index contributed by atoms with van der Waals surface area (Å²) >= 11 is 0. The summed E-state index contributed by atoms with van der Waals surface area (Å²) < 4.78 is 5.79. The van der Waals surface area contributed by atoms with Gasteiger partial charge in [0.05, 0.1) is 6.61 Å². The van der Waals surface area contributed by atoms with Crippen molar-refractivity contribution in [3.8, 4) is 16.9 Å². The first kappa shape index (κ1) is 15.5. The van der Waals surface area contributed by atoms with Gasteiger partial charge in [-0.25, -0.2) is 0 Å². The van der Waals surface area contributed by atoms with Crippen LogP contribution < -0.4 is 10.5 Å². The average molecular weight is 278 g/mol. The van der Waals surface area contributed by atoms with Crippen LogP contribution in [-0.4, -0.2) is 13.2 Å². The second kappa shape index (κ2) is 7.82. The van der Waals surface area contributed by atoms with Crippen molar-refractivity contribution in [2.45, 2.75) is 13.3 Å². The van der Waals surface area contributed by atoms with Crippen LogP contribution in [0.15, 0.2) is 48.5 Å². The molecule has 0 aliphatic heterocycles. The maximum absolute atomic E-state index is 5.79. The van der Waals surface area contributed by atoms with Crippen molar-refractivity contribution in [1.29, 1.82) is 0 Å². The number of para-hydroxylation sites is 1.